The molecular formula is C12H18N6O. The molecule has 2 aromatic rings. The molecule has 0 atom stereocenters. The molecule has 0 radical (unpaired) electrons. The predicted molar refractivity (Wildman–Crippen MR) is 72.1 cm³/mol. The number of aromatic nitrogens is 4. The third kappa shape index (κ3) is 3.40. The van der Waals surface area contributed by atoms with Gasteiger partial charge in [-0.15, -0.1) is 0 Å². The highest BCUT2D eigenvalue weighted by molar-refractivity contribution is 5.57. The molecule has 0 aliphatic carbocycles. The lowest BCUT2D eigenvalue weighted by Crippen LogP contribution is -2.12. The van der Waals surface area contributed by atoms with E-state index in [1.54, 1.807) is 6.33 Å². The molecule has 0 saturated carbocycles. The van der Waals surface area contributed by atoms with Gasteiger partial charge in [-0.2, -0.15) is 4.98 Å². The highest BCUT2D eigenvalue weighted by atomic mass is 16.5. The largest absolute Gasteiger partial charge is 0.370 e. The molecule has 2 heterocycles. The minimum Gasteiger partial charge on any atom is -0.370 e. The minimum absolute atomic E-state index is 0.687. The second-order valence-corrected chi connectivity index (χ2v) is 3.96. The van der Waals surface area contributed by atoms with Gasteiger partial charge in [-0.3, -0.25) is 0 Å². The van der Waals surface area contributed by atoms with Crippen molar-refractivity contribution in [1.29, 1.82) is 0 Å². The number of anilines is 2. The van der Waals surface area contributed by atoms with Crippen LogP contribution in [-0.4, -0.2) is 33.2 Å². The Hall–Kier alpha value is -2.18. The van der Waals surface area contributed by atoms with Crippen LogP contribution in [-0.2, 0) is 12.8 Å². The summed E-state index contributed by atoms with van der Waals surface area (Å²) < 4.78 is 4.69. The molecule has 2 rings (SSSR count). The summed E-state index contributed by atoms with van der Waals surface area (Å²) in [6.07, 6.45) is 4.46. The van der Waals surface area contributed by atoms with E-state index in [1.165, 1.54) is 6.39 Å². The van der Waals surface area contributed by atoms with Crippen LogP contribution in [0.3, 0.4) is 0 Å². The molecule has 2 aromatic heterocycles. The molecule has 2 N–H and O–H groups in total. The van der Waals surface area contributed by atoms with Crippen LogP contribution < -0.4 is 10.6 Å². The fourth-order valence-corrected chi connectivity index (χ4v) is 1.81. The first-order valence-electron chi connectivity index (χ1n) is 6.42. The molecule has 0 bridgehead atoms. The molecule has 7 nitrogen and oxygen atoms in total. The zero-order chi connectivity index (χ0) is 13.5. The molecule has 19 heavy (non-hydrogen) atoms. The van der Waals surface area contributed by atoms with Crippen molar-refractivity contribution >= 4 is 11.6 Å². The molecule has 7 heteroatoms. The smallest absolute Gasteiger partial charge is 0.213 e. The Morgan fingerprint density at radius 3 is 2.53 bits per heavy atom. The molecule has 102 valence electrons. The zero-order valence-corrected chi connectivity index (χ0v) is 11.2. The highest BCUT2D eigenvalue weighted by Crippen LogP contribution is 2.20. The maximum Gasteiger partial charge on any atom is 0.213 e. The van der Waals surface area contributed by atoms with E-state index in [4.69, 9.17) is 0 Å². The van der Waals surface area contributed by atoms with Gasteiger partial charge in [-0.25, -0.2) is 9.97 Å². The number of nitrogens with zero attached hydrogens (tertiary/aromatic N) is 4. The van der Waals surface area contributed by atoms with Gasteiger partial charge in [0, 0.05) is 25.1 Å². The molecule has 0 amide bonds. The third-order valence-corrected chi connectivity index (χ3v) is 2.69. The third-order valence-electron chi connectivity index (χ3n) is 2.69. The fourth-order valence-electron chi connectivity index (χ4n) is 1.81. The first kappa shape index (κ1) is 13.3. The maximum atomic E-state index is 4.69. The van der Waals surface area contributed by atoms with E-state index in [0.29, 0.717) is 18.8 Å². The molecule has 0 aliphatic heterocycles. The Morgan fingerprint density at radius 2 is 1.89 bits per heavy atom. The van der Waals surface area contributed by atoms with Crippen LogP contribution in [0.5, 0.6) is 0 Å². The molecule has 0 aliphatic rings. The summed E-state index contributed by atoms with van der Waals surface area (Å²) in [4.78, 5) is 12.5. The van der Waals surface area contributed by atoms with E-state index in [2.05, 4.69) is 42.2 Å². The van der Waals surface area contributed by atoms with Gasteiger partial charge in [-0.05, 0) is 13.3 Å². The first-order chi connectivity index (χ1) is 9.35. The summed E-state index contributed by atoms with van der Waals surface area (Å²) in [7, 11) is 0. The Bertz CT molecular complexity index is 499. The normalized spacial score (nSPS) is 10.4. The van der Waals surface area contributed by atoms with Crippen LogP contribution in [0.2, 0.25) is 0 Å². The summed E-state index contributed by atoms with van der Waals surface area (Å²) in [5, 5.41) is 10.3. The number of nitrogens with one attached hydrogen (secondary N) is 2. The zero-order valence-electron chi connectivity index (χ0n) is 11.2. The summed E-state index contributed by atoms with van der Waals surface area (Å²) in [5.74, 6) is 2.44. The topological polar surface area (TPSA) is 88.8 Å². The predicted octanol–water partition coefficient (Wildman–Crippen LogP) is 1.51. The lowest BCUT2D eigenvalue weighted by atomic mass is 10.2. The standard InChI is InChI=1S/C12H18N6O/c1-3-9-11(13-4-2)15-7-16-12(9)14-6-5-10-17-8-19-18-10/h7-8H,3-6H2,1-2H3,(H2,13,14,15,16). The van der Waals surface area contributed by atoms with Crippen LogP contribution in [0, 0.1) is 0 Å². The maximum absolute atomic E-state index is 4.69. The highest BCUT2D eigenvalue weighted by Gasteiger charge is 2.09. The van der Waals surface area contributed by atoms with Gasteiger partial charge in [0.25, 0.3) is 0 Å². The van der Waals surface area contributed by atoms with Gasteiger partial charge in [0.2, 0.25) is 6.39 Å². The molecule has 0 fully saturated rings. The molecular weight excluding hydrogens is 244 g/mol. The van der Waals surface area contributed by atoms with E-state index in [0.717, 1.165) is 30.2 Å². The van der Waals surface area contributed by atoms with E-state index >= 15 is 0 Å². The lowest BCUT2D eigenvalue weighted by Gasteiger charge is -2.13. The van der Waals surface area contributed by atoms with Crippen LogP contribution in [0.1, 0.15) is 25.2 Å². The summed E-state index contributed by atoms with van der Waals surface area (Å²) in [6.45, 7) is 5.68. The van der Waals surface area contributed by atoms with Gasteiger partial charge in [0.05, 0.1) is 0 Å². The van der Waals surface area contributed by atoms with Crippen molar-refractivity contribution in [1.82, 2.24) is 20.1 Å². The summed E-state index contributed by atoms with van der Waals surface area (Å²) >= 11 is 0. The van der Waals surface area contributed by atoms with E-state index in [9.17, 15) is 0 Å². The van der Waals surface area contributed by atoms with Crippen LogP contribution in [0.25, 0.3) is 0 Å². The molecule has 0 saturated heterocycles. The minimum atomic E-state index is 0.687. The summed E-state index contributed by atoms with van der Waals surface area (Å²) in [6, 6.07) is 0. The van der Waals surface area contributed by atoms with Gasteiger partial charge in [0.1, 0.15) is 18.0 Å². The van der Waals surface area contributed by atoms with Gasteiger partial charge < -0.3 is 15.2 Å². The van der Waals surface area contributed by atoms with Crippen LogP contribution in [0.15, 0.2) is 17.2 Å². The quantitative estimate of drug-likeness (QED) is 0.781. The van der Waals surface area contributed by atoms with Crippen molar-refractivity contribution in [3.8, 4) is 0 Å². The van der Waals surface area contributed by atoms with E-state index in [1.807, 2.05) is 6.92 Å². The second kappa shape index (κ2) is 6.67. The molecule has 0 aromatic carbocycles. The Kier molecular flexibility index (Phi) is 4.66. The Labute approximate surface area is 111 Å². The SMILES string of the molecule is CCNc1ncnc(NCCc2ncon2)c1CC. The van der Waals surface area contributed by atoms with Gasteiger partial charge in [-0.1, -0.05) is 12.1 Å². The van der Waals surface area contributed by atoms with Crippen molar-refractivity contribution in [3.63, 3.8) is 0 Å². The van der Waals surface area contributed by atoms with Crippen LogP contribution >= 0.6 is 0 Å². The second-order valence-electron chi connectivity index (χ2n) is 3.96. The number of hydrogen-bond acceptors (Lipinski definition) is 7. The number of hydrogen-bond donors (Lipinski definition) is 2. The van der Waals surface area contributed by atoms with E-state index in [-0.39, 0.29) is 0 Å². The molecule has 0 unspecified atom stereocenters. The average molecular weight is 262 g/mol. The van der Waals surface area contributed by atoms with Crippen molar-refractivity contribution in [2.24, 2.45) is 0 Å². The first-order valence-corrected chi connectivity index (χ1v) is 6.42. The monoisotopic (exact) mass is 262 g/mol. The molecule has 0 spiro atoms. The average Bonchev–Trinajstić information content (AvgIpc) is 2.93. The van der Waals surface area contributed by atoms with Gasteiger partial charge >= 0.3 is 0 Å². The van der Waals surface area contributed by atoms with Crippen molar-refractivity contribution < 1.29 is 4.52 Å². The number of rotatable bonds is 7. The van der Waals surface area contributed by atoms with Crippen molar-refractivity contribution in [2.45, 2.75) is 26.7 Å². The lowest BCUT2D eigenvalue weighted by molar-refractivity contribution is 0.410. The Morgan fingerprint density at radius 1 is 1.11 bits per heavy atom. The van der Waals surface area contributed by atoms with Gasteiger partial charge in [0.15, 0.2) is 5.82 Å². The fraction of sp³-hybridized carbons (Fsp3) is 0.500. The van der Waals surface area contributed by atoms with Crippen molar-refractivity contribution in [3.05, 3.63) is 24.1 Å². The van der Waals surface area contributed by atoms with E-state index < -0.39 is 0 Å². The summed E-state index contributed by atoms with van der Waals surface area (Å²) in [5.41, 5.74) is 1.09. The van der Waals surface area contributed by atoms with Crippen LogP contribution in [0.4, 0.5) is 11.6 Å². The Balaban J connectivity index is 2.00. The van der Waals surface area contributed by atoms with Crippen molar-refractivity contribution in [2.75, 3.05) is 23.7 Å².